The van der Waals surface area contributed by atoms with Crippen LogP contribution in [0.15, 0.2) is 47.9 Å². The molecule has 164 valence electrons. The predicted molar refractivity (Wildman–Crippen MR) is 121 cm³/mol. The Kier molecular flexibility index (Phi) is 5.97. The Hall–Kier alpha value is -3.11. The fraction of sp³-hybridized carbons (Fsp3) is 0.333. The first-order chi connectivity index (χ1) is 14.4. The third kappa shape index (κ3) is 4.80. The topological polar surface area (TPSA) is 125 Å². The van der Waals surface area contributed by atoms with Gasteiger partial charge in [0.15, 0.2) is 0 Å². The van der Waals surface area contributed by atoms with Crippen LogP contribution in [0.5, 0.6) is 0 Å². The molecule has 0 spiro atoms. The molecule has 0 saturated heterocycles. The summed E-state index contributed by atoms with van der Waals surface area (Å²) in [6, 6.07) is 5.55. The van der Waals surface area contributed by atoms with Gasteiger partial charge in [-0.2, -0.15) is 4.72 Å². The number of amides is 1. The van der Waals surface area contributed by atoms with Gasteiger partial charge in [0, 0.05) is 29.9 Å². The molecule has 1 aromatic carbocycles. The molecule has 0 aliphatic carbocycles. The number of aliphatic imine (C=N–C) groups is 1. The van der Waals surface area contributed by atoms with Gasteiger partial charge in [-0.25, -0.2) is 18.4 Å². The van der Waals surface area contributed by atoms with E-state index in [1.165, 1.54) is 6.21 Å². The number of hydrogen-bond acceptors (Lipinski definition) is 7. The molecule has 3 rings (SSSR count). The average Bonchev–Trinajstić information content (AvgIpc) is 2.68. The van der Waals surface area contributed by atoms with Gasteiger partial charge in [-0.05, 0) is 51.5 Å². The number of nitrogens with one attached hydrogen (secondary N) is 3. The van der Waals surface area contributed by atoms with Crippen LogP contribution in [0.2, 0.25) is 0 Å². The van der Waals surface area contributed by atoms with Crippen LogP contribution >= 0.6 is 0 Å². The zero-order chi connectivity index (χ0) is 22.9. The Labute approximate surface area is 182 Å². The van der Waals surface area contributed by atoms with E-state index in [1.54, 1.807) is 44.6 Å². The van der Waals surface area contributed by atoms with Gasteiger partial charge in [0.1, 0.15) is 5.41 Å². The number of hydrogen-bond donors (Lipinski definition) is 3. The summed E-state index contributed by atoms with van der Waals surface area (Å²) in [4.78, 5) is 26.2. The fourth-order valence-electron chi connectivity index (χ4n) is 3.21. The molecule has 0 radical (unpaired) electrons. The summed E-state index contributed by atoms with van der Waals surface area (Å²) in [6.45, 7) is 6.99. The quantitative estimate of drug-likeness (QED) is 0.629. The van der Waals surface area contributed by atoms with Gasteiger partial charge < -0.3 is 10.6 Å². The molecule has 0 fully saturated rings. The van der Waals surface area contributed by atoms with E-state index in [0.29, 0.717) is 5.69 Å². The minimum Gasteiger partial charge on any atom is -0.354 e. The third-order valence-corrected chi connectivity index (χ3v) is 5.74. The first kappa shape index (κ1) is 22.6. The number of rotatable bonds is 6. The molecule has 9 nitrogen and oxygen atoms in total. The normalized spacial score (nSPS) is 18.5. The van der Waals surface area contributed by atoms with Crippen LogP contribution in [-0.2, 0) is 14.8 Å². The van der Waals surface area contributed by atoms with Crippen molar-refractivity contribution in [3.05, 3.63) is 54.1 Å². The summed E-state index contributed by atoms with van der Waals surface area (Å²) >= 11 is 0. The van der Waals surface area contributed by atoms with Crippen molar-refractivity contribution in [3.8, 4) is 11.3 Å². The van der Waals surface area contributed by atoms with Crippen LogP contribution in [0.25, 0.3) is 11.3 Å². The molecule has 10 heteroatoms. The van der Waals surface area contributed by atoms with E-state index in [-0.39, 0.29) is 0 Å². The standard InChI is InChI=1S/C21H26N6O3S/c1-14-11-16(18-13-22-12-15(2)25-18)7-8-17(14)26-19(28)20(3,4)21(27-31(5,29)30)23-9-6-10-24-21/h6-13,23,27H,1-5H3,(H,26,28). The smallest absolute Gasteiger partial charge is 0.235 e. The molecule has 2 aromatic rings. The lowest BCUT2D eigenvalue weighted by atomic mass is 9.83. The molecular weight excluding hydrogens is 416 g/mol. The van der Waals surface area contributed by atoms with Gasteiger partial charge in [0.2, 0.25) is 21.7 Å². The Morgan fingerprint density at radius 2 is 1.94 bits per heavy atom. The van der Waals surface area contributed by atoms with E-state index >= 15 is 0 Å². The highest BCUT2D eigenvalue weighted by Crippen LogP contribution is 2.34. The Morgan fingerprint density at radius 1 is 1.19 bits per heavy atom. The number of aryl methyl sites for hydroxylation is 2. The molecule has 31 heavy (non-hydrogen) atoms. The first-order valence-corrected chi connectivity index (χ1v) is 11.5. The van der Waals surface area contributed by atoms with Crippen LogP contribution in [0.3, 0.4) is 0 Å². The van der Waals surface area contributed by atoms with E-state index in [2.05, 4.69) is 30.3 Å². The molecule has 3 N–H and O–H groups in total. The molecule has 1 amide bonds. The number of sulfonamides is 1. The van der Waals surface area contributed by atoms with Crippen LogP contribution in [0.1, 0.15) is 25.1 Å². The monoisotopic (exact) mass is 442 g/mol. The third-order valence-electron chi connectivity index (χ3n) is 5.07. The highest BCUT2D eigenvalue weighted by molar-refractivity contribution is 7.88. The summed E-state index contributed by atoms with van der Waals surface area (Å²) in [5.41, 5.74) is 2.58. The average molecular weight is 443 g/mol. The summed E-state index contributed by atoms with van der Waals surface area (Å²) < 4.78 is 26.4. The second-order valence-electron chi connectivity index (χ2n) is 8.02. The van der Waals surface area contributed by atoms with Crippen molar-refractivity contribution in [3.63, 3.8) is 0 Å². The maximum absolute atomic E-state index is 13.3. The molecule has 1 aliphatic heterocycles. The minimum absolute atomic E-state index is 0.408. The van der Waals surface area contributed by atoms with E-state index in [4.69, 9.17) is 0 Å². The van der Waals surface area contributed by atoms with E-state index < -0.39 is 27.1 Å². The highest BCUT2D eigenvalue weighted by Gasteiger charge is 2.52. The molecule has 1 aromatic heterocycles. The molecule has 0 bridgehead atoms. The molecule has 1 aliphatic rings. The van der Waals surface area contributed by atoms with Gasteiger partial charge in [0.25, 0.3) is 0 Å². The fourth-order valence-corrected chi connectivity index (χ4v) is 4.11. The number of allylic oxidation sites excluding steroid dienone is 1. The van der Waals surface area contributed by atoms with E-state index in [9.17, 15) is 13.2 Å². The van der Waals surface area contributed by atoms with Crippen molar-refractivity contribution in [2.24, 2.45) is 10.4 Å². The minimum atomic E-state index is -3.67. The second-order valence-corrected chi connectivity index (χ2v) is 9.77. The van der Waals surface area contributed by atoms with Crippen molar-refractivity contribution in [2.75, 3.05) is 11.6 Å². The summed E-state index contributed by atoms with van der Waals surface area (Å²) in [5, 5.41) is 5.80. The maximum atomic E-state index is 13.3. The van der Waals surface area contributed by atoms with Crippen molar-refractivity contribution in [2.45, 2.75) is 33.5 Å². The molecular formula is C21H26N6O3S. The lowest BCUT2D eigenvalue weighted by Gasteiger charge is -2.43. The Balaban J connectivity index is 1.89. The summed E-state index contributed by atoms with van der Waals surface area (Å²) in [5.74, 6) is -1.97. The van der Waals surface area contributed by atoms with Gasteiger partial charge in [-0.3, -0.25) is 9.78 Å². The SMILES string of the molecule is Cc1cncc(-c2ccc(NC(=O)C(C)(C)C3(NS(C)(=O)=O)N=CC=CN3)c(C)c2)n1. The lowest BCUT2D eigenvalue weighted by Crippen LogP contribution is -2.67. The van der Waals surface area contributed by atoms with Crippen molar-refractivity contribution >= 4 is 27.8 Å². The summed E-state index contributed by atoms with van der Waals surface area (Å²) in [7, 11) is -3.67. The van der Waals surface area contributed by atoms with Crippen LogP contribution in [0, 0.1) is 19.3 Å². The Morgan fingerprint density at radius 3 is 2.52 bits per heavy atom. The number of nitrogens with zero attached hydrogens (tertiary/aromatic N) is 3. The second kappa shape index (κ2) is 8.20. The highest BCUT2D eigenvalue weighted by atomic mass is 32.2. The van der Waals surface area contributed by atoms with E-state index in [0.717, 1.165) is 28.8 Å². The van der Waals surface area contributed by atoms with E-state index in [1.807, 2.05) is 26.0 Å². The van der Waals surface area contributed by atoms with Crippen LogP contribution < -0.4 is 15.4 Å². The molecule has 0 saturated carbocycles. The number of carbonyl (C=O) groups is 1. The van der Waals surface area contributed by atoms with Gasteiger partial charge >= 0.3 is 0 Å². The van der Waals surface area contributed by atoms with Gasteiger partial charge in [-0.1, -0.05) is 6.07 Å². The number of anilines is 1. The molecule has 1 atom stereocenters. The van der Waals surface area contributed by atoms with Crippen LogP contribution in [-0.4, -0.2) is 42.6 Å². The van der Waals surface area contributed by atoms with Gasteiger partial charge in [-0.15, -0.1) is 0 Å². The van der Waals surface area contributed by atoms with Gasteiger partial charge in [0.05, 0.1) is 23.8 Å². The molecule has 1 unspecified atom stereocenters. The van der Waals surface area contributed by atoms with Crippen molar-refractivity contribution in [1.82, 2.24) is 20.0 Å². The zero-order valence-corrected chi connectivity index (χ0v) is 18.9. The maximum Gasteiger partial charge on any atom is 0.235 e. The number of benzene rings is 1. The zero-order valence-electron chi connectivity index (χ0n) is 18.1. The van der Waals surface area contributed by atoms with Crippen molar-refractivity contribution in [1.29, 1.82) is 0 Å². The van der Waals surface area contributed by atoms with Crippen molar-refractivity contribution < 1.29 is 13.2 Å². The molecule has 2 heterocycles. The summed E-state index contributed by atoms with van der Waals surface area (Å²) in [6.07, 6.45) is 9.01. The largest absolute Gasteiger partial charge is 0.354 e. The first-order valence-electron chi connectivity index (χ1n) is 9.62. The Bertz CT molecular complexity index is 1170. The lowest BCUT2D eigenvalue weighted by molar-refractivity contribution is -0.128. The van der Waals surface area contributed by atoms with Crippen LogP contribution in [0.4, 0.5) is 5.69 Å². The number of carbonyl (C=O) groups excluding carboxylic acids is 1. The number of aromatic nitrogens is 2. The predicted octanol–water partition coefficient (Wildman–Crippen LogP) is 2.12.